The summed E-state index contributed by atoms with van der Waals surface area (Å²) in [6.07, 6.45) is 1.87. The number of aryl methyl sites for hydroxylation is 2. The van der Waals surface area contributed by atoms with Crippen LogP contribution in [0.4, 0.5) is 0 Å². The fourth-order valence-electron chi connectivity index (χ4n) is 1.51. The summed E-state index contributed by atoms with van der Waals surface area (Å²) in [4.78, 5) is 5.55. The second-order valence-corrected chi connectivity index (χ2v) is 5.22. The van der Waals surface area contributed by atoms with Gasteiger partial charge in [-0.3, -0.25) is 0 Å². The molecule has 1 unspecified atom stereocenters. The summed E-state index contributed by atoms with van der Waals surface area (Å²) in [5.41, 5.74) is 9.62. The summed E-state index contributed by atoms with van der Waals surface area (Å²) >= 11 is 1.67. The second kappa shape index (κ2) is 4.36. The monoisotopic (exact) mass is 232 g/mol. The molecular formula is C13H16N2S. The molecule has 0 spiro atoms. The first-order chi connectivity index (χ1) is 7.58. The Hall–Kier alpha value is -1.19. The molecule has 1 aromatic carbocycles. The Labute approximate surface area is 100 Å². The SMILES string of the molecule is Cc1ccc(-c2ncc(C(C)N)s2)cc1C. The summed E-state index contributed by atoms with van der Waals surface area (Å²) in [5.74, 6) is 0. The Balaban J connectivity index is 2.39. The molecule has 1 aromatic heterocycles. The number of nitrogens with zero attached hydrogens (tertiary/aromatic N) is 1. The van der Waals surface area contributed by atoms with Gasteiger partial charge in [-0.25, -0.2) is 4.98 Å². The summed E-state index contributed by atoms with van der Waals surface area (Å²) < 4.78 is 0. The van der Waals surface area contributed by atoms with E-state index in [1.54, 1.807) is 11.3 Å². The van der Waals surface area contributed by atoms with Gasteiger partial charge in [-0.15, -0.1) is 11.3 Å². The van der Waals surface area contributed by atoms with Gasteiger partial charge in [-0.05, 0) is 38.0 Å². The molecule has 2 aromatic rings. The molecule has 0 aliphatic carbocycles. The molecule has 0 aliphatic rings. The molecule has 2 nitrogen and oxygen atoms in total. The van der Waals surface area contributed by atoms with Gasteiger partial charge in [0.25, 0.3) is 0 Å². The fourth-order valence-corrected chi connectivity index (χ4v) is 2.37. The van der Waals surface area contributed by atoms with Gasteiger partial charge in [-0.2, -0.15) is 0 Å². The average Bonchev–Trinajstić information content (AvgIpc) is 2.71. The Morgan fingerprint density at radius 1 is 1.25 bits per heavy atom. The van der Waals surface area contributed by atoms with E-state index in [0.29, 0.717) is 0 Å². The van der Waals surface area contributed by atoms with Crippen LogP contribution in [0.15, 0.2) is 24.4 Å². The molecular weight excluding hydrogens is 216 g/mol. The highest BCUT2D eigenvalue weighted by atomic mass is 32.1. The van der Waals surface area contributed by atoms with E-state index in [4.69, 9.17) is 5.73 Å². The topological polar surface area (TPSA) is 38.9 Å². The minimum absolute atomic E-state index is 0.0674. The van der Waals surface area contributed by atoms with Crippen molar-refractivity contribution in [2.24, 2.45) is 5.73 Å². The number of benzene rings is 1. The summed E-state index contributed by atoms with van der Waals surface area (Å²) in [6.45, 7) is 6.23. The number of hydrogen-bond acceptors (Lipinski definition) is 3. The molecule has 1 heterocycles. The van der Waals surface area contributed by atoms with Crippen LogP contribution in [0.25, 0.3) is 10.6 Å². The van der Waals surface area contributed by atoms with Crippen molar-refractivity contribution in [3.8, 4) is 10.6 Å². The number of aromatic nitrogens is 1. The molecule has 0 radical (unpaired) electrons. The molecule has 1 atom stereocenters. The fraction of sp³-hybridized carbons (Fsp3) is 0.308. The quantitative estimate of drug-likeness (QED) is 0.861. The van der Waals surface area contributed by atoms with E-state index in [1.165, 1.54) is 16.7 Å². The van der Waals surface area contributed by atoms with Crippen LogP contribution in [0, 0.1) is 13.8 Å². The van der Waals surface area contributed by atoms with Crippen molar-refractivity contribution in [2.45, 2.75) is 26.8 Å². The van der Waals surface area contributed by atoms with E-state index in [0.717, 1.165) is 9.88 Å². The molecule has 0 fully saturated rings. The second-order valence-electron chi connectivity index (χ2n) is 4.16. The van der Waals surface area contributed by atoms with Crippen molar-refractivity contribution in [1.82, 2.24) is 4.98 Å². The van der Waals surface area contributed by atoms with Crippen molar-refractivity contribution in [3.05, 3.63) is 40.4 Å². The van der Waals surface area contributed by atoms with Crippen LogP contribution in [-0.2, 0) is 0 Å². The lowest BCUT2D eigenvalue weighted by atomic mass is 10.1. The third kappa shape index (κ3) is 2.15. The smallest absolute Gasteiger partial charge is 0.123 e. The first-order valence-corrected chi connectivity index (χ1v) is 6.18. The first-order valence-electron chi connectivity index (χ1n) is 5.37. The lowest BCUT2D eigenvalue weighted by Gasteiger charge is -2.02. The van der Waals surface area contributed by atoms with Crippen molar-refractivity contribution >= 4 is 11.3 Å². The van der Waals surface area contributed by atoms with Gasteiger partial charge in [0.2, 0.25) is 0 Å². The van der Waals surface area contributed by atoms with E-state index < -0.39 is 0 Å². The van der Waals surface area contributed by atoms with Gasteiger partial charge < -0.3 is 5.73 Å². The lowest BCUT2D eigenvalue weighted by molar-refractivity contribution is 0.835. The number of hydrogen-bond donors (Lipinski definition) is 1. The first kappa shape index (κ1) is 11.3. The van der Waals surface area contributed by atoms with Gasteiger partial charge in [0, 0.05) is 22.7 Å². The number of rotatable bonds is 2. The highest BCUT2D eigenvalue weighted by Gasteiger charge is 2.08. The van der Waals surface area contributed by atoms with Crippen LogP contribution in [0.1, 0.15) is 29.0 Å². The average molecular weight is 232 g/mol. The number of thiazole rings is 1. The molecule has 2 rings (SSSR count). The van der Waals surface area contributed by atoms with E-state index in [1.807, 2.05) is 13.1 Å². The zero-order chi connectivity index (χ0) is 11.7. The predicted octanol–water partition coefficient (Wildman–Crippen LogP) is 3.45. The molecule has 0 bridgehead atoms. The van der Waals surface area contributed by atoms with Crippen molar-refractivity contribution in [1.29, 1.82) is 0 Å². The van der Waals surface area contributed by atoms with E-state index in [-0.39, 0.29) is 6.04 Å². The Morgan fingerprint density at radius 3 is 2.56 bits per heavy atom. The predicted molar refractivity (Wildman–Crippen MR) is 69.6 cm³/mol. The zero-order valence-electron chi connectivity index (χ0n) is 9.82. The van der Waals surface area contributed by atoms with Gasteiger partial charge in [-0.1, -0.05) is 12.1 Å². The Bertz CT molecular complexity index is 500. The molecule has 3 heteroatoms. The van der Waals surface area contributed by atoms with E-state index in [2.05, 4.69) is 37.0 Å². The maximum atomic E-state index is 5.83. The highest BCUT2D eigenvalue weighted by Crippen LogP contribution is 2.28. The minimum Gasteiger partial charge on any atom is -0.323 e. The molecule has 16 heavy (non-hydrogen) atoms. The Morgan fingerprint density at radius 2 is 2.00 bits per heavy atom. The standard InChI is InChI=1S/C13H16N2S/c1-8-4-5-11(6-9(8)2)13-15-7-12(16-13)10(3)14/h4-7,10H,14H2,1-3H3. The molecule has 0 amide bonds. The molecule has 2 N–H and O–H groups in total. The molecule has 0 saturated carbocycles. The van der Waals surface area contributed by atoms with Gasteiger partial charge >= 0.3 is 0 Å². The summed E-state index contributed by atoms with van der Waals surface area (Å²) in [5, 5.41) is 1.05. The largest absolute Gasteiger partial charge is 0.323 e. The van der Waals surface area contributed by atoms with E-state index in [9.17, 15) is 0 Å². The third-order valence-corrected chi connectivity index (χ3v) is 3.97. The van der Waals surface area contributed by atoms with Crippen molar-refractivity contribution in [3.63, 3.8) is 0 Å². The normalized spacial score (nSPS) is 12.8. The van der Waals surface area contributed by atoms with Gasteiger partial charge in [0.15, 0.2) is 0 Å². The Kier molecular flexibility index (Phi) is 3.08. The lowest BCUT2D eigenvalue weighted by Crippen LogP contribution is -2.01. The van der Waals surface area contributed by atoms with Gasteiger partial charge in [0.1, 0.15) is 5.01 Å². The zero-order valence-corrected chi connectivity index (χ0v) is 10.6. The third-order valence-electron chi connectivity index (χ3n) is 2.73. The van der Waals surface area contributed by atoms with Crippen LogP contribution >= 0.6 is 11.3 Å². The van der Waals surface area contributed by atoms with Crippen LogP contribution in [0.3, 0.4) is 0 Å². The van der Waals surface area contributed by atoms with Crippen LogP contribution < -0.4 is 5.73 Å². The van der Waals surface area contributed by atoms with Crippen molar-refractivity contribution in [2.75, 3.05) is 0 Å². The summed E-state index contributed by atoms with van der Waals surface area (Å²) in [7, 11) is 0. The highest BCUT2D eigenvalue weighted by molar-refractivity contribution is 7.15. The van der Waals surface area contributed by atoms with Crippen LogP contribution in [0.5, 0.6) is 0 Å². The van der Waals surface area contributed by atoms with Crippen LogP contribution in [-0.4, -0.2) is 4.98 Å². The van der Waals surface area contributed by atoms with Gasteiger partial charge in [0.05, 0.1) is 0 Å². The maximum Gasteiger partial charge on any atom is 0.123 e. The number of nitrogens with two attached hydrogens (primary N) is 1. The molecule has 84 valence electrons. The van der Waals surface area contributed by atoms with Crippen LogP contribution in [0.2, 0.25) is 0 Å². The molecule has 0 saturated heterocycles. The summed E-state index contributed by atoms with van der Waals surface area (Å²) in [6, 6.07) is 6.50. The maximum absolute atomic E-state index is 5.83. The minimum atomic E-state index is 0.0674. The van der Waals surface area contributed by atoms with E-state index >= 15 is 0 Å². The van der Waals surface area contributed by atoms with Crippen molar-refractivity contribution < 1.29 is 0 Å². The molecule has 0 aliphatic heterocycles.